The van der Waals surface area contributed by atoms with Crippen LogP contribution in [0.15, 0.2) is 48.5 Å². The molecule has 0 spiro atoms. The maximum absolute atomic E-state index is 12.5. The summed E-state index contributed by atoms with van der Waals surface area (Å²) in [5.41, 5.74) is 5.71. The Balaban J connectivity index is 1.69. The quantitative estimate of drug-likeness (QED) is 0.431. The number of rotatable bonds is 3. The molecule has 2 N–H and O–H groups in total. The highest BCUT2D eigenvalue weighted by atomic mass is 35.5. The van der Waals surface area contributed by atoms with E-state index in [9.17, 15) is 4.79 Å². The summed E-state index contributed by atoms with van der Waals surface area (Å²) in [5, 5.41) is 11.8. The third-order valence-electron chi connectivity index (χ3n) is 4.81. The lowest BCUT2D eigenvalue weighted by atomic mass is 10.0. The summed E-state index contributed by atoms with van der Waals surface area (Å²) in [5.74, 6) is 1.18. The summed E-state index contributed by atoms with van der Waals surface area (Å²) in [6.45, 7) is 8.06. The van der Waals surface area contributed by atoms with E-state index in [1.165, 1.54) is 5.56 Å². The largest absolute Gasteiger partial charge is 0.324 e. The van der Waals surface area contributed by atoms with Crippen molar-refractivity contribution in [1.29, 1.82) is 0 Å². The molecular formula is C23H22ClN5O. The molecule has 0 atom stereocenters. The molecule has 0 aliphatic heterocycles. The van der Waals surface area contributed by atoms with E-state index in [1.54, 1.807) is 35.0 Å². The van der Waals surface area contributed by atoms with E-state index in [2.05, 4.69) is 48.6 Å². The molecule has 0 aliphatic carbocycles. The van der Waals surface area contributed by atoms with Crippen molar-refractivity contribution in [2.24, 2.45) is 0 Å². The fourth-order valence-electron chi connectivity index (χ4n) is 3.54. The van der Waals surface area contributed by atoms with E-state index in [4.69, 9.17) is 16.6 Å². The van der Waals surface area contributed by atoms with Crippen LogP contribution in [0.3, 0.4) is 0 Å². The van der Waals surface area contributed by atoms with E-state index in [0.717, 1.165) is 27.7 Å². The molecule has 2 aromatic carbocycles. The van der Waals surface area contributed by atoms with E-state index in [0.29, 0.717) is 22.3 Å². The van der Waals surface area contributed by atoms with Gasteiger partial charge in [-0.3, -0.25) is 5.32 Å². The van der Waals surface area contributed by atoms with Crippen molar-refractivity contribution >= 4 is 40.0 Å². The van der Waals surface area contributed by atoms with Crippen molar-refractivity contribution in [3.8, 4) is 5.82 Å². The fourth-order valence-corrected chi connectivity index (χ4v) is 3.73. The van der Waals surface area contributed by atoms with Gasteiger partial charge in [0.15, 0.2) is 5.82 Å². The zero-order chi connectivity index (χ0) is 21.4. The van der Waals surface area contributed by atoms with Gasteiger partial charge >= 0.3 is 6.03 Å². The summed E-state index contributed by atoms with van der Waals surface area (Å²) >= 11 is 5.99. The van der Waals surface area contributed by atoms with Crippen LogP contribution in [-0.2, 0) is 0 Å². The molecule has 6 nitrogen and oxygen atoms in total. The smallest absolute Gasteiger partial charge is 0.308 e. The van der Waals surface area contributed by atoms with E-state index < -0.39 is 0 Å². The first kappa shape index (κ1) is 19.9. The van der Waals surface area contributed by atoms with E-state index in [-0.39, 0.29) is 6.03 Å². The highest BCUT2D eigenvalue weighted by Gasteiger charge is 2.14. The van der Waals surface area contributed by atoms with Crippen LogP contribution in [0.1, 0.15) is 22.4 Å². The number of anilines is 2. The Morgan fingerprint density at radius 2 is 1.77 bits per heavy atom. The first-order valence-corrected chi connectivity index (χ1v) is 9.97. The van der Waals surface area contributed by atoms with Gasteiger partial charge in [-0.1, -0.05) is 29.3 Å². The zero-order valence-corrected chi connectivity index (χ0v) is 18.0. The topological polar surface area (TPSA) is 71.8 Å². The maximum atomic E-state index is 12.5. The predicted molar refractivity (Wildman–Crippen MR) is 122 cm³/mol. The molecule has 7 heteroatoms. The number of carbonyl (C=O) groups excluding carboxylic acids is 1. The van der Waals surface area contributed by atoms with Crippen LogP contribution in [0.2, 0.25) is 5.02 Å². The SMILES string of the molecule is Cc1cc(C)c2nc(-n3nc(C)cc3NC(=O)Nc3cccc(Cl)c3)cc(C)c2c1. The molecule has 152 valence electrons. The third-order valence-corrected chi connectivity index (χ3v) is 5.05. The molecule has 0 fully saturated rings. The van der Waals surface area contributed by atoms with Gasteiger partial charge < -0.3 is 5.32 Å². The average Bonchev–Trinajstić information content (AvgIpc) is 3.02. The van der Waals surface area contributed by atoms with Gasteiger partial charge in [-0.05, 0) is 69.2 Å². The average molecular weight is 420 g/mol. The van der Waals surface area contributed by atoms with Crippen molar-refractivity contribution in [3.05, 3.63) is 75.9 Å². The Kier molecular flexibility index (Phi) is 5.18. The highest BCUT2D eigenvalue weighted by molar-refractivity contribution is 6.30. The van der Waals surface area contributed by atoms with Gasteiger partial charge in [0.1, 0.15) is 5.82 Å². The molecule has 0 aliphatic rings. The van der Waals surface area contributed by atoms with Gasteiger partial charge in [0.2, 0.25) is 0 Å². The Morgan fingerprint density at radius 1 is 0.967 bits per heavy atom. The molecule has 4 aromatic rings. The Bertz CT molecular complexity index is 1280. The number of carbonyl (C=O) groups is 1. The van der Waals surface area contributed by atoms with Crippen molar-refractivity contribution in [1.82, 2.24) is 14.8 Å². The van der Waals surface area contributed by atoms with Crippen LogP contribution in [0.5, 0.6) is 0 Å². The molecule has 30 heavy (non-hydrogen) atoms. The molecule has 0 unspecified atom stereocenters. The van der Waals surface area contributed by atoms with Gasteiger partial charge in [0, 0.05) is 22.2 Å². The number of hydrogen-bond donors (Lipinski definition) is 2. The monoisotopic (exact) mass is 419 g/mol. The minimum atomic E-state index is -0.386. The van der Waals surface area contributed by atoms with Gasteiger partial charge in [-0.2, -0.15) is 9.78 Å². The van der Waals surface area contributed by atoms with Crippen molar-refractivity contribution in [2.45, 2.75) is 27.7 Å². The van der Waals surface area contributed by atoms with Crippen LogP contribution in [0.25, 0.3) is 16.7 Å². The molecule has 0 saturated carbocycles. The minimum Gasteiger partial charge on any atom is -0.308 e. The van der Waals surface area contributed by atoms with Crippen molar-refractivity contribution in [3.63, 3.8) is 0 Å². The molecule has 0 bridgehead atoms. The van der Waals surface area contributed by atoms with E-state index in [1.807, 2.05) is 13.0 Å². The van der Waals surface area contributed by atoms with Crippen LogP contribution in [0, 0.1) is 27.7 Å². The number of urea groups is 1. The van der Waals surface area contributed by atoms with Crippen molar-refractivity contribution < 1.29 is 4.79 Å². The Labute approximate surface area is 179 Å². The lowest BCUT2D eigenvalue weighted by molar-refractivity contribution is 0.262. The summed E-state index contributed by atoms with van der Waals surface area (Å²) in [6, 6.07) is 14.6. The number of halogens is 1. The highest BCUT2D eigenvalue weighted by Crippen LogP contribution is 2.26. The Hall–Kier alpha value is -3.38. The van der Waals surface area contributed by atoms with Gasteiger partial charge in [-0.25, -0.2) is 9.78 Å². The lowest BCUT2D eigenvalue weighted by Gasteiger charge is -2.13. The van der Waals surface area contributed by atoms with Crippen molar-refractivity contribution in [2.75, 3.05) is 10.6 Å². The zero-order valence-electron chi connectivity index (χ0n) is 17.2. The third kappa shape index (κ3) is 4.00. The normalized spacial score (nSPS) is 11.0. The summed E-state index contributed by atoms with van der Waals surface area (Å²) in [6.07, 6.45) is 0. The second-order valence-corrected chi connectivity index (χ2v) is 7.88. The minimum absolute atomic E-state index is 0.386. The second-order valence-electron chi connectivity index (χ2n) is 7.45. The van der Waals surface area contributed by atoms with Crippen LogP contribution >= 0.6 is 11.6 Å². The number of pyridine rings is 1. The molecule has 2 aromatic heterocycles. The van der Waals surface area contributed by atoms with Gasteiger partial charge in [-0.15, -0.1) is 0 Å². The Morgan fingerprint density at radius 3 is 2.53 bits per heavy atom. The maximum Gasteiger partial charge on any atom is 0.324 e. The number of amides is 2. The molecule has 4 rings (SSSR count). The number of nitrogens with zero attached hydrogens (tertiary/aromatic N) is 3. The van der Waals surface area contributed by atoms with Crippen LogP contribution in [-0.4, -0.2) is 20.8 Å². The van der Waals surface area contributed by atoms with E-state index >= 15 is 0 Å². The first-order valence-electron chi connectivity index (χ1n) is 9.59. The molecular weight excluding hydrogens is 398 g/mol. The molecule has 2 amide bonds. The number of benzene rings is 2. The van der Waals surface area contributed by atoms with Crippen LogP contribution < -0.4 is 10.6 Å². The van der Waals surface area contributed by atoms with Gasteiger partial charge in [0.25, 0.3) is 0 Å². The molecule has 0 saturated heterocycles. The van der Waals surface area contributed by atoms with Gasteiger partial charge in [0.05, 0.1) is 11.2 Å². The standard InChI is InChI=1S/C23H22ClN5O/c1-13-8-15(3)22-19(9-13)14(2)10-20(26-22)29-21(11-16(4)28-29)27-23(30)25-18-7-5-6-17(24)12-18/h5-12H,1-4H3,(H2,25,27,30). The number of hydrogen-bond acceptors (Lipinski definition) is 3. The molecule has 0 radical (unpaired) electrons. The number of aromatic nitrogens is 3. The van der Waals surface area contributed by atoms with Crippen LogP contribution in [0.4, 0.5) is 16.3 Å². The predicted octanol–water partition coefficient (Wildman–Crippen LogP) is 5.95. The molecule has 2 heterocycles. The summed E-state index contributed by atoms with van der Waals surface area (Å²) in [4.78, 5) is 17.4. The number of nitrogens with one attached hydrogen (secondary N) is 2. The second kappa shape index (κ2) is 7.80. The fraction of sp³-hybridized carbons (Fsp3) is 0.174. The summed E-state index contributed by atoms with van der Waals surface area (Å²) < 4.78 is 1.65. The number of aryl methyl sites for hydroxylation is 4. The lowest BCUT2D eigenvalue weighted by Crippen LogP contribution is -2.21. The first-order chi connectivity index (χ1) is 14.3. The number of fused-ring (bicyclic) bond motifs is 1. The summed E-state index contributed by atoms with van der Waals surface area (Å²) in [7, 11) is 0.